The number of anilines is 2. The highest BCUT2D eigenvalue weighted by atomic mass is 35.5. The topological polar surface area (TPSA) is 159 Å². The number of halogens is 2. The number of aliphatic carboxylic acids is 2. The van der Waals surface area contributed by atoms with Crippen molar-refractivity contribution >= 4 is 69.2 Å². The lowest BCUT2D eigenvalue weighted by Gasteiger charge is -2.13. The summed E-state index contributed by atoms with van der Waals surface area (Å²) in [6.07, 6.45) is -0.0642. The number of para-hydroxylation sites is 3. The Morgan fingerprint density at radius 3 is 2.00 bits per heavy atom. The quantitative estimate of drug-likeness (QED) is 0.0863. The molecule has 12 heteroatoms. The number of fused-ring (bicyclic) bond motifs is 1. The standard InChI is InChI=1S/C14H11Cl2NO2.C14H14O3.C9H8O4/c15-10-5-3-6-11(16)14(10)17-12-7-2-1-4-9(12)8-13(18)19;1-9(14(15)16)10-3-4-12-8-13(17-2)6-5-11(12)7-10;1-6(10)13-8-5-3-2-4-7(8)9(11)12/h1-7,17H,8H2,(H,18,19);3-9H,1-2H3,(H,15,16);2-5H,1H3,(H,11,12)/t;9-;/m.0./s1. The molecular formula is C37H33Cl2NO9. The Morgan fingerprint density at radius 1 is 0.776 bits per heavy atom. The molecule has 0 aliphatic carbocycles. The SMILES string of the molecule is CC(=O)Oc1ccccc1C(=O)O.COc1ccc2cc([C@H](C)C(=O)O)ccc2c1.O=C(O)Cc1ccccc1Nc1c(Cl)cccc1Cl. The van der Waals surface area contributed by atoms with Crippen molar-refractivity contribution < 1.29 is 44.0 Å². The number of hydrogen-bond acceptors (Lipinski definition) is 7. The van der Waals surface area contributed by atoms with Crippen molar-refractivity contribution in [2.45, 2.75) is 26.2 Å². The van der Waals surface area contributed by atoms with Gasteiger partial charge in [-0.3, -0.25) is 14.4 Å². The Labute approximate surface area is 292 Å². The maximum absolute atomic E-state index is 10.9. The molecule has 4 N–H and O–H groups in total. The van der Waals surface area contributed by atoms with E-state index in [9.17, 15) is 19.2 Å². The molecular weight excluding hydrogens is 673 g/mol. The average Bonchev–Trinajstić information content (AvgIpc) is 3.06. The average molecular weight is 707 g/mol. The summed E-state index contributed by atoms with van der Waals surface area (Å²) in [5.74, 6) is -2.96. The van der Waals surface area contributed by atoms with Gasteiger partial charge in [0.05, 0.1) is 35.2 Å². The molecule has 5 aromatic carbocycles. The summed E-state index contributed by atoms with van der Waals surface area (Å²) in [5.41, 5.74) is 2.72. The fourth-order valence-electron chi connectivity index (χ4n) is 4.38. The number of carbonyl (C=O) groups excluding carboxylic acids is 1. The molecule has 0 fully saturated rings. The molecule has 5 rings (SSSR count). The maximum Gasteiger partial charge on any atom is 0.339 e. The van der Waals surface area contributed by atoms with E-state index in [2.05, 4.69) is 10.1 Å². The molecule has 0 aromatic heterocycles. The van der Waals surface area contributed by atoms with Gasteiger partial charge in [0.2, 0.25) is 0 Å². The van der Waals surface area contributed by atoms with Crippen molar-refractivity contribution in [1.29, 1.82) is 0 Å². The maximum atomic E-state index is 10.9. The highest BCUT2D eigenvalue weighted by molar-refractivity contribution is 6.39. The van der Waals surface area contributed by atoms with Crippen molar-refractivity contribution in [3.8, 4) is 11.5 Å². The summed E-state index contributed by atoms with van der Waals surface area (Å²) >= 11 is 12.1. The summed E-state index contributed by atoms with van der Waals surface area (Å²) in [6, 6.07) is 29.7. The van der Waals surface area contributed by atoms with Crippen LogP contribution >= 0.6 is 23.2 Å². The van der Waals surface area contributed by atoms with Gasteiger partial charge in [0.25, 0.3) is 0 Å². The van der Waals surface area contributed by atoms with Gasteiger partial charge in [0, 0.05) is 12.6 Å². The van der Waals surface area contributed by atoms with Gasteiger partial charge < -0.3 is 30.1 Å². The number of methoxy groups -OCH3 is 1. The molecule has 0 heterocycles. The van der Waals surface area contributed by atoms with Crippen molar-refractivity contribution in [3.63, 3.8) is 0 Å². The number of carbonyl (C=O) groups is 4. The van der Waals surface area contributed by atoms with Gasteiger partial charge in [-0.25, -0.2) is 4.79 Å². The van der Waals surface area contributed by atoms with Crippen molar-refractivity contribution in [1.82, 2.24) is 0 Å². The van der Waals surface area contributed by atoms with Crippen LogP contribution in [0, 0.1) is 0 Å². The van der Waals surface area contributed by atoms with E-state index >= 15 is 0 Å². The van der Waals surface area contributed by atoms with Crippen LogP contribution in [-0.2, 0) is 20.8 Å². The Bertz CT molecular complexity index is 1940. The Balaban J connectivity index is 0.000000203. The van der Waals surface area contributed by atoms with Crippen LogP contribution in [0.5, 0.6) is 11.5 Å². The van der Waals surface area contributed by atoms with Crippen molar-refractivity contribution in [3.05, 3.63) is 130 Å². The van der Waals surface area contributed by atoms with Crippen LogP contribution in [-0.4, -0.2) is 46.3 Å². The highest BCUT2D eigenvalue weighted by Gasteiger charge is 2.14. The molecule has 0 spiro atoms. The van der Waals surface area contributed by atoms with E-state index in [0.717, 1.165) is 22.1 Å². The summed E-state index contributed by atoms with van der Waals surface area (Å²) < 4.78 is 9.83. The summed E-state index contributed by atoms with van der Waals surface area (Å²) in [4.78, 5) is 42.9. The second kappa shape index (κ2) is 18.1. The molecule has 1 atom stereocenters. The Morgan fingerprint density at radius 2 is 1.39 bits per heavy atom. The minimum atomic E-state index is -1.11. The number of ether oxygens (including phenoxy) is 2. The molecule has 0 radical (unpaired) electrons. The zero-order chi connectivity index (χ0) is 36.1. The third-order valence-corrected chi connectivity index (χ3v) is 7.52. The minimum absolute atomic E-state index is 0.0160. The first-order valence-electron chi connectivity index (χ1n) is 14.6. The second-order valence-corrected chi connectivity index (χ2v) is 11.2. The third kappa shape index (κ3) is 11.3. The van der Waals surface area contributed by atoms with Crippen LogP contribution in [0.25, 0.3) is 10.8 Å². The van der Waals surface area contributed by atoms with E-state index in [-0.39, 0.29) is 17.7 Å². The van der Waals surface area contributed by atoms with Crippen LogP contribution in [0.4, 0.5) is 11.4 Å². The van der Waals surface area contributed by atoms with Gasteiger partial charge in [-0.05, 0) is 71.3 Å². The lowest BCUT2D eigenvalue weighted by molar-refractivity contribution is -0.138. The zero-order valence-electron chi connectivity index (χ0n) is 26.6. The van der Waals surface area contributed by atoms with Crippen molar-refractivity contribution in [2.24, 2.45) is 0 Å². The van der Waals surface area contributed by atoms with E-state index < -0.39 is 29.8 Å². The van der Waals surface area contributed by atoms with Gasteiger partial charge in [0.15, 0.2) is 0 Å². The van der Waals surface area contributed by atoms with Crippen LogP contribution in [0.15, 0.2) is 103 Å². The monoisotopic (exact) mass is 705 g/mol. The molecule has 0 saturated heterocycles. The number of nitrogens with one attached hydrogen (secondary N) is 1. The van der Waals surface area contributed by atoms with E-state index in [1.165, 1.54) is 19.1 Å². The van der Waals surface area contributed by atoms with Crippen LogP contribution < -0.4 is 14.8 Å². The first kappa shape index (κ1) is 37.9. The van der Waals surface area contributed by atoms with Crippen LogP contribution in [0.1, 0.15) is 41.3 Å². The Hall–Kier alpha value is -5.58. The molecule has 0 aliphatic rings. The summed E-state index contributed by atoms with van der Waals surface area (Å²) in [7, 11) is 1.63. The number of carboxylic acids is 3. The van der Waals surface area contributed by atoms with Gasteiger partial charge in [-0.15, -0.1) is 0 Å². The lowest BCUT2D eigenvalue weighted by Crippen LogP contribution is -2.06. The van der Waals surface area contributed by atoms with E-state index in [0.29, 0.717) is 27.0 Å². The third-order valence-electron chi connectivity index (χ3n) is 6.89. The predicted octanol–water partition coefficient (Wildman–Crippen LogP) is 8.71. The van der Waals surface area contributed by atoms with Crippen LogP contribution in [0.2, 0.25) is 10.0 Å². The summed E-state index contributed by atoms with van der Waals surface area (Å²) in [5, 5.41) is 32.7. The number of hydrogen-bond donors (Lipinski definition) is 4. The van der Waals surface area contributed by atoms with Gasteiger partial charge >= 0.3 is 23.9 Å². The molecule has 10 nitrogen and oxygen atoms in total. The largest absolute Gasteiger partial charge is 0.497 e. The fraction of sp³-hybridized carbons (Fsp3) is 0.135. The van der Waals surface area contributed by atoms with Gasteiger partial charge in [-0.2, -0.15) is 0 Å². The lowest BCUT2D eigenvalue weighted by atomic mass is 9.98. The smallest absolute Gasteiger partial charge is 0.339 e. The summed E-state index contributed by atoms with van der Waals surface area (Å²) in [6.45, 7) is 2.91. The fourth-order valence-corrected chi connectivity index (χ4v) is 4.87. The van der Waals surface area contributed by atoms with E-state index in [1.807, 2.05) is 42.5 Å². The number of rotatable bonds is 9. The first-order valence-corrected chi connectivity index (χ1v) is 15.4. The highest BCUT2D eigenvalue weighted by Crippen LogP contribution is 2.33. The number of carboxylic acid groups (broad SMARTS) is 3. The number of aromatic carboxylic acids is 1. The molecule has 5 aromatic rings. The molecule has 0 saturated carbocycles. The van der Waals surface area contributed by atoms with Gasteiger partial charge in [-0.1, -0.05) is 83.9 Å². The normalized spacial score (nSPS) is 10.7. The van der Waals surface area contributed by atoms with Crippen molar-refractivity contribution in [2.75, 3.05) is 12.4 Å². The minimum Gasteiger partial charge on any atom is -0.497 e. The van der Waals surface area contributed by atoms with E-state index in [1.54, 1.807) is 62.6 Å². The van der Waals surface area contributed by atoms with Gasteiger partial charge in [0.1, 0.15) is 17.1 Å². The number of benzene rings is 5. The van der Waals surface area contributed by atoms with Crippen LogP contribution in [0.3, 0.4) is 0 Å². The predicted molar refractivity (Wildman–Crippen MR) is 189 cm³/mol. The Kier molecular flexibility index (Phi) is 14.0. The van der Waals surface area contributed by atoms with E-state index in [4.69, 9.17) is 43.3 Å². The zero-order valence-corrected chi connectivity index (χ0v) is 28.2. The first-order chi connectivity index (χ1) is 23.3. The molecule has 49 heavy (non-hydrogen) atoms. The number of esters is 1. The second-order valence-electron chi connectivity index (χ2n) is 10.4. The molecule has 0 bridgehead atoms. The molecule has 0 unspecified atom stereocenters. The molecule has 0 aliphatic heterocycles. The molecule has 0 amide bonds. The molecule has 254 valence electrons.